The predicted molar refractivity (Wildman–Crippen MR) is 98.8 cm³/mol. The molecule has 3 heterocycles. The molecule has 1 aromatic carbocycles. The van der Waals surface area contributed by atoms with E-state index < -0.39 is 0 Å². The van der Waals surface area contributed by atoms with Gasteiger partial charge in [0, 0.05) is 44.1 Å². The third-order valence-electron chi connectivity index (χ3n) is 4.49. The van der Waals surface area contributed by atoms with Crippen LogP contribution < -0.4 is 10.2 Å². The summed E-state index contributed by atoms with van der Waals surface area (Å²) < 4.78 is 1.62. The number of hydrogen-bond donors (Lipinski definition) is 1. The molecule has 26 heavy (non-hydrogen) atoms. The predicted octanol–water partition coefficient (Wildman–Crippen LogP) is 1.89. The molecule has 0 saturated carbocycles. The first-order valence-electron chi connectivity index (χ1n) is 8.62. The number of carbonyl (C=O) groups excluding carboxylic acids is 1. The SMILES string of the molecule is Cn1cc(C(=O)NC2CCN(c3nccc(-c4ccccc4)n3)C2)cn1. The molecule has 1 aliphatic heterocycles. The van der Waals surface area contributed by atoms with Crippen LogP contribution in [0.15, 0.2) is 55.0 Å². The summed E-state index contributed by atoms with van der Waals surface area (Å²) in [6.07, 6.45) is 5.94. The third-order valence-corrected chi connectivity index (χ3v) is 4.49. The Balaban J connectivity index is 1.43. The topological polar surface area (TPSA) is 75.9 Å². The van der Waals surface area contributed by atoms with Crippen molar-refractivity contribution in [3.63, 3.8) is 0 Å². The Kier molecular flexibility index (Phi) is 4.35. The first-order valence-corrected chi connectivity index (χ1v) is 8.62. The lowest BCUT2D eigenvalue weighted by atomic mass is 10.1. The van der Waals surface area contributed by atoms with Crippen LogP contribution in [0.3, 0.4) is 0 Å². The van der Waals surface area contributed by atoms with Gasteiger partial charge in [-0.2, -0.15) is 5.10 Å². The summed E-state index contributed by atoms with van der Waals surface area (Å²) >= 11 is 0. The van der Waals surface area contributed by atoms with Crippen molar-refractivity contribution in [3.05, 3.63) is 60.6 Å². The maximum Gasteiger partial charge on any atom is 0.254 e. The normalized spacial score (nSPS) is 16.7. The van der Waals surface area contributed by atoms with Crippen molar-refractivity contribution in [2.45, 2.75) is 12.5 Å². The fourth-order valence-corrected chi connectivity index (χ4v) is 3.14. The number of nitrogens with one attached hydrogen (secondary N) is 1. The fourth-order valence-electron chi connectivity index (χ4n) is 3.14. The van der Waals surface area contributed by atoms with Gasteiger partial charge in [-0.1, -0.05) is 30.3 Å². The average molecular weight is 348 g/mol. The van der Waals surface area contributed by atoms with E-state index in [-0.39, 0.29) is 11.9 Å². The minimum absolute atomic E-state index is 0.0756. The molecular weight excluding hydrogens is 328 g/mol. The van der Waals surface area contributed by atoms with Crippen molar-refractivity contribution in [2.75, 3.05) is 18.0 Å². The van der Waals surface area contributed by atoms with E-state index in [9.17, 15) is 4.79 Å². The van der Waals surface area contributed by atoms with Crippen molar-refractivity contribution in [1.29, 1.82) is 0 Å². The number of rotatable bonds is 4. The van der Waals surface area contributed by atoms with Gasteiger partial charge < -0.3 is 10.2 Å². The molecule has 1 N–H and O–H groups in total. The summed E-state index contributed by atoms with van der Waals surface area (Å²) in [4.78, 5) is 23.5. The third kappa shape index (κ3) is 3.42. The molecular formula is C19H20N6O. The molecule has 1 amide bonds. The number of aryl methyl sites for hydroxylation is 1. The highest BCUT2D eigenvalue weighted by molar-refractivity contribution is 5.93. The van der Waals surface area contributed by atoms with Gasteiger partial charge >= 0.3 is 0 Å². The molecule has 1 fully saturated rings. The quantitative estimate of drug-likeness (QED) is 0.779. The first kappa shape index (κ1) is 16.3. The molecule has 2 aromatic heterocycles. The van der Waals surface area contributed by atoms with Crippen molar-refractivity contribution >= 4 is 11.9 Å². The first-order chi connectivity index (χ1) is 12.7. The number of amides is 1. The van der Waals surface area contributed by atoms with Gasteiger partial charge in [0.25, 0.3) is 5.91 Å². The van der Waals surface area contributed by atoms with Crippen LogP contribution >= 0.6 is 0 Å². The summed E-state index contributed by atoms with van der Waals surface area (Å²) in [6, 6.07) is 12.0. The Morgan fingerprint density at radius 1 is 1.23 bits per heavy atom. The second-order valence-electron chi connectivity index (χ2n) is 6.42. The van der Waals surface area contributed by atoms with Crippen molar-refractivity contribution in [2.24, 2.45) is 7.05 Å². The fraction of sp³-hybridized carbons (Fsp3) is 0.263. The molecule has 0 spiro atoms. The minimum Gasteiger partial charge on any atom is -0.347 e. The lowest BCUT2D eigenvalue weighted by Gasteiger charge is -2.17. The average Bonchev–Trinajstić information content (AvgIpc) is 3.32. The van der Waals surface area contributed by atoms with Gasteiger partial charge in [-0.25, -0.2) is 9.97 Å². The maximum absolute atomic E-state index is 12.3. The van der Waals surface area contributed by atoms with E-state index in [2.05, 4.69) is 25.3 Å². The summed E-state index contributed by atoms with van der Waals surface area (Å²) in [5, 5.41) is 7.10. The zero-order chi connectivity index (χ0) is 17.9. The second kappa shape index (κ2) is 6.95. The van der Waals surface area contributed by atoms with Gasteiger partial charge in [-0.3, -0.25) is 9.48 Å². The molecule has 0 bridgehead atoms. The van der Waals surface area contributed by atoms with Crippen LogP contribution in [0.25, 0.3) is 11.3 Å². The van der Waals surface area contributed by atoms with Crippen LogP contribution in [0.1, 0.15) is 16.8 Å². The van der Waals surface area contributed by atoms with Gasteiger partial charge in [-0.15, -0.1) is 0 Å². The number of nitrogens with zero attached hydrogens (tertiary/aromatic N) is 5. The van der Waals surface area contributed by atoms with Gasteiger partial charge in [0.2, 0.25) is 5.95 Å². The molecule has 1 aliphatic rings. The summed E-state index contributed by atoms with van der Waals surface area (Å²) in [7, 11) is 1.80. The number of aromatic nitrogens is 4. The highest BCUT2D eigenvalue weighted by Gasteiger charge is 2.26. The summed E-state index contributed by atoms with van der Waals surface area (Å²) in [5.74, 6) is 0.605. The van der Waals surface area contributed by atoms with Crippen LogP contribution in [-0.2, 0) is 7.05 Å². The summed E-state index contributed by atoms with van der Waals surface area (Å²) in [6.45, 7) is 1.51. The second-order valence-corrected chi connectivity index (χ2v) is 6.42. The molecule has 7 heteroatoms. The van der Waals surface area contributed by atoms with E-state index in [0.29, 0.717) is 18.1 Å². The van der Waals surface area contributed by atoms with E-state index in [4.69, 9.17) is 0 Å². The number of anilines is 1. The Hall–Kier alpha value is -3.22. The van der Waals surface area contributed by atoms with E-state index >= 15 is 0 Å². The zero-order valence-corrected chi connectivity index (χ0v) is 14.5. The molecule has 0 aliphatic carbocycles. The smallest absolute Gasteiger partial charge is 0.254 e. The van der Waals surface area contributed by atoms with E-state index in [1.165, 1.54) is 0 Å². The zero-order valence-electron chi connectivity index (χ0n) is 14.5. The lowest BCUT2D eigenvalue weighted by Crippen LogP contribution is -2.37. The van der Waals surface area contributed by atoms with Crippen LogP contribution in [0.2, 0.25) is 0 Å². The van der Waals surface area contributed by atoms with Gasteiger partial charge in [0.05, 0.1) is 17.5 Å². The largest absolute Gasteiger partial charge is 0.347 e. The molecule has 1 unspecified atom stereocenters. The van der Waals surface area contributed by atoms with E-state index in [1.54, 1.807) is 30.3 Å². The molecule has 7 nitrogen and oxygen atoms in total. The molecule has 1 atom stereocenters. The minimum atomic E-state index is -0.0936. The highest BCUT2D eigenvalue weighted by atomic mass is 16.1. The van der Waals surface area contributed by atoms with Gasteiger partial charge in [0.1, 0.15) is 0 Å². The number of benzene rings is 1. The molecule has 1 saturated heterocycles. The molecule has 4 rings (SSSR count). The monoisotopic (exact) mass is 348 g/mol. The van der Waals surface area contributed by atoms with Crippen molar-refractivity contribution in [3.8, 4) is 11.3 Å². The lowest BCUT2D eigenvalue weighted by molar-refractivity contribution is 0.0940. The Morgan fingerprint density at radius 2 is 2.08 bits per heavy atom. The number of carbonyl (C=O) groups is 1. The van der Waals surface area contributed by atoms with E-state index in [0.717, 1.165) is 24.2 Å². The highest BCUT2D eigenvalue weighted by Crippen LogP contribution is 2.21. The van der Waals surface area contributed by atoms with Gasteiger partial charge in [-0.05, 0) is 12.5 Å². The van der Waals surface area contributed by atoms with Crippen LogP contribution in [0.4, 0.5) is 5.95 Å². The molecule has 3 aromatic rings. The standard InChI is InChI=1S/C19H20N6O/c1-24-12-15(11-21-24)18(26)22-16-8-10-25(13-16)19-20-9-7-17(23-19)14-5-3-2-4-6-14/h2-7,9,11-12,16H,8,10,13H2,1H3,(H,22,26). The maximum atomic E-state index is 12.3. The molecule has 0 radical (unpaired) electrons. The number of hydrogen-bond acceptors (Lipinski definition) is 5. The van der Waals surface area contributed by atoms with Crippen LogP contribution in [0, 0.1) is 0 Å². The van der Waals surface area contributed by atoms with Gasteiger partial charge in [0.15, 0.2) is 0 Å². The summed E-state index contributed by atoms with van der Waals surface area (Å²) in [5.41, 5.74) is 2.54. The van der Waals surface area contributed by atoms with Crippen LogP contribution in [0.5, 0.6) is 0 Å². The Labute approximate surface area is 151 Å². The van der Waals surface area contributed by atoms with E-state index in [1.807, 2.05) is 36.4 Å². The Bertz CT molecular complexity index is 907. The van der Waals surface area contributed by atoms with Crippen molar-refractivity contribution in [1.82, 2.24) is 25.1 Å². The van der Waals surface area contributed by atoms with Crippen molar-refractivity contribution < 1.29 is 4.79 Å². The molecule has 132 valence electrons. The Morgan fingerprint density at radius 3 is 2.85 bits per heavy atom. The van der Waals surface area contributed by atoms with Crippen LogP contribution in [-0.4, -0.2) is 44.8 Å².